The van der Waals surface area contributed by atoms with Gasteiger partial charge in [0, 0.05) is 13.0 Å². The van der Waals surface area contributed by atoms with E-state index in [0.717, 1.165) is 17.8 Å². The van der Waals surface area contributed by atoms with Gasteiger partial charge in [0.1, 0.15) is 11.0 Å². The van der Waals surface area contributed by atoms with Crippen molar-refractivity contribution in [2.45, 2.75) is 52.0 Å². The molecule has 1 aromatic rings. The minimum absolute atomic E-state index is 0.0796. The van der Waals surface area contributed by atoms with Crippen LogP contribution in [-0.2, 0) is 21.2 Å². The van der Waals surface area contributed by atoms with Crippen molar-refractivity contribution in [2.75, 3.05) is 17.6 Å². The molecule has 124 valence electrons. The highest BCUT2D eigenvalue weighted by Crippen LogP contribution is 2.24. The normalized spacial score (nSPS) is 19.5. The lowest BCUT2D eigenvalue weighted by atomic mass is 10.2. The molecule has 1 saturated heterocycles. The van der Waals surface area contributed by atoms with Crippen LogP contribution in [0.25, 0.3) is 0 Å². The molecule has 2 rings (SSSR count). The van der Waals surface area contributed by atoms with Gasteiger partial charge in [-0.2, -0.15) is 4.31 Å². The van der Waals surface area contributed by atoms with Gasteiger partial charge in [-0.05, 0) is 25.7 Å². The lowest BCUT2D eigenvalue weighted by Crippen LogP contribution is -2.44. The molecule has 1 aliphatic heterocycles. The fourth-order valence-corrected chi connectivity index (χ4v) is 5.11. The fourth-order valence-electron chi connectivity index (χ4n) is 2.52. The van der Waals surface area contributed by atoms with Gasteiger partial charge in [-0.1, -0.05) is 25.2 Å². The van der Waals surface area contributed by atoms with E-state index in [4.69, 9.17) is 0 Å². The van der Waals surface area contributed by atoms with E-state index >= 15 is 0 Å². The van der Waals surface area contributed by atoms with Crippen LogP contribution in [0, 0.1) is 0 Å². The monoisotopic (exact) mass is 346 g/mol. The smallest absolute Gasteiger partial charge is 0.244 e. The van der Waals surface area contributed by atoms with Gasteiger partial charge in [-0.3, -0.25) is 10.1 Å². The van der Waals surface area contributed by atoms with Gasteiger partial charge in [0.05, 0.1) is 5.75 Å². The first-order chi connectivity index (χ1) is 10.5. The van der Waals surface area contributed by atoms with Crippen LogP contribution in [0.1, 0.15) is 44.5 Å². The van der Waals surface area contributed by atoms with E-state index in [0.29, 0.717) is 30.9 Å². The predicted octanol–water partition coefficient (Wildman–Crippen LogP) is 1.63. The van der Waals surface area contributed by atoms with Crippen molar-refractivity contribution in [1.82, 2.24) is 14.5 Å². The van der Waals surface area contributed by atoms with E-state index in [1.165, 1.54) is 15.6 Å². The molecule has 1 aromatic heterocycles. The lowest BCUT2D eigenvalue weighted by Gasteiger charge is -2.22. The Labute approximate surface area is 135 Å². The summed E-state index contributed by atoms with van der Waals surface area (Å²) in [6.45, 7) is 4.28. The van der Waals surface area contributed by atoms with Crippen molar-refractivity contribution < 1.29 is 13.2 Å². The van der Waals surface area contributed by atoms with Gasteiger partial charge in [-0.25, -0.2) is 8.42 Å². The summed E-state index contributed by atoms with van der Waals surface area (Å²) in [7, 11) is -3.36. The maximum absolute atomic E-state index is 12.4. The zero-order chi connectivity index (χ0) is 16.2. The first-order valence-electron chi connectivity index (χ1n) is 7.60. The van der Waals surface area contributed by atoms with Crippen LogP contribution >= 0.6 is 11.3 Å². The van der Waals surface area contributed by atoms with Crippen molar-refractivity contribution >= 4 is 32.4 Å². The predicted molar refractivity (Wildman–Crippen MR) is 86.3 cm³/mol. The number of nitrogens with one attached hydrogen (secondary N) is 1. The van der Waals surface area contributed by atoms with Crippen molar-refractivity contribution in [2.24, 2.45) is 0 Å². The Kier molecular flexibility index (Phi) is 5.87. The first-order valence-corrected chi connectivity index (χ1v) is 10.0. The summed E-state index contributed by atoms with van der Waals surface area (Å²) < 4.78 is 25.8. The Morgan fingerprint density at radius 1 is 1.36 bits per heavy atom. The molecule has 0 spiro atoms. The molecule has 0 saturated carbocycles. The second kappa shape index (κ2) is 7.47. The second-order valence-electron chi connectivity index (χ2n) is 5.32. The maximum Gasteiger partial charge on any atom is 0.244 e. The molecule has 0 bridgehead atoms. The largest absolute Gasteiger partial charge is 0.299 e. The van der Waals surface area contributed by atoms with Crippen molar-refractivity contribution in [1.29, 1.82) is 0 Å². The first kappa shape index (κ1) is 17.3. The zero-order valence-corrected chi connectivity index (χ0v) is 14.5. The van der Waals surface area contributed by atoms with E-state index in [2.05, 4.69) is 22.4 Å². The molecule has 1 N–H and O–H groups in total. The third-order valence-corrected chi connectivity index (χ3v) is 6.46. The van der Waals surface area contributed by atoms with Gasteiger partial charge in [0.2, 0.25) is 21.1 Å². The van der Waals surface area contributed by atoms with E-state index < -0.39 is 16.1 Å². The molecule has 2 heterocycles. The average molecular weight is 346 g/mol. The van der Waals surface area contributed by atoms with E-state index in [9.17, 15) is 13.2 Å². The molecule has 1 unspecified atom stereocenters. The van der Waals surface area contributed by atoms with Crippen LogP contribution in [0.5, 0.6) is 0 Å². The van der Waals surface area contributed by atoms with Crippen LogP contribution in [0.3, 0.4) is 0 Å². The molecule has 0 radical (unpaired) electrons. The minimum Gasteiger partial charge on any atom is -0.299 e. The number of hydrogen-bond acceptors (Lipinski definition) is 6. The van der Waals surface area contributed by atoms with Gasteiger partial charge in [0.25, 0.3) is 0 Å². The van der Waals surface area contributed by atoms with Crippen molar-refractivity contribution in [3.63, 3.8) is 0 Å². The van der Waals surface area contributed by atoms with Crippen molar-refractivity contribution in [3.05, 3.63) is 5.01 Å². The minimum atomic E-state index is -3.36. The highest BCUT2D eigenvalue weighted by atomic mass is 32.2. The molecular formula is C13H22N4O3S2. The summed E-state index contributed by atoms with van der Waals surface area (Å²) in [5.74, 6) is -0.229. The third-order valence-electron chi connectivity index (χ3n) is 3.49. The molecule has 1 amide bonds. The maximum atomic E-state index is 12.4. The summed E-state index contributed by atoms with van der Waals surface area (Å²) in [5, 5.41) is 12.0. The van der Waals surface area contributed by atoms with Gasteiger partial charge in [-0.15, -0.1) is 10.2 Å². The Balaban J connectivity index is 2.04. The molecule has 1 atom stereocenters. The number of hydrogen-bond donors (Lipinski definition) is 1. The highest BCUT2D eigenvalue weighted by Gasteiger charge is 2.38. The van der Waals surface area contributed by atoms with Gasteiger partial charge in [0.15, 0.2) is 0 Å². The lowest BCUT2D eigenvalue weighted by molar-refractivity contribution is -0.119. The van der Waals surface area contributed by atoms with Gasteiger partial charge < -0.3 is 0 Å². The number of aryl methyl sites for hydroxylation is 1. The Bertz CT molecular complexity index is 615. The van der Waals surface area contributed by atoms with Crippen LogP contribution in [0.4, 0.5) is 5.13 Å². The van der Waals surface area contributed by atoms with E-state index in [-0.39, 0.29) is 11.7 Å². The summed E-state index contributed by atoms with van der Waals surface area (Å²) in [4.78, 5) is 12.4. The second-order valence-corrected chi connectivity index (χ2v) is 8.43. The van der Waals surface area contributed by atoms with Crippen LogP contribution in [0.15, 0.2) is 0 Å². The Hall–Kier alpha value is -1.06. The number of amides is 1. The quantitative estimate of drug-likeness (QED) is 0.810. The molecule has 0 aliphatic carbocycles. The molecule has 1 aliphatic rings. The molecule has 1 fully saturated rings. The Morgan fingerprint density at radius 3 is 2.82 bits per heavy atom. The number of rotatable bonds is 7. The number of sulfonamides is 1. The molecular weight excluding hydrogens is 324 g/mol. The summed E-state index contributed by atoms with van der Waals surface area (Å²) in [6.07, 6.45) is 3.60. The van der Waals surface area contributed by atoms with Gasteiger partial charge >= 0.3 is 0 Å². The summed E-state index contributed by atoms with van der Waals surface area (Å²) in [5.41, 5.74) is 0. The SMILES string of the molecule is CCCc1nnc(NC(=O)C2CCCN2S(=O)(=O)CCC)s1. The number of aromatic nitrogens is 2. The number of anilines is 1. The van der Waals surface area contributed by atoms with E-state index in [1.807, 2.05) is 6.92 Å². The van der Waals surface area contributed by atoms with E-state index in [1.54, 1.807) is 0 Å². The van der Waals surface area contributed by atoms with Crippen LogP contribution in [-0.4, -0.2) is 47.2 Å². The fraction of sp³-hybridized carbons (Fsp3) is 0.769. The molecule has 0 aromatic carbocycles. The summed E-state index contributed by atoms with van der Waals surface area (Å²) in [6, 6.07) is -0.630. The third kappa shape index (κ3) is 4.02. The molecule has 9 heteroatoms. The number of carbonyl (C=O) groups is 1. The number of nitrogens with zero attached hydrogens (tertiary/aromatic N) is 3. The molecule has 22 heavy (non-hydrogen) atoms. The molecule has 7 nitrogen and oxygen atoms in total. The highest BCUT2D eigenvalue weighted by molar-refractivity contribution is 7.89. The van der Waals surface area contributed by atoms with Crippen molar-refractivity contribution in [3.8, 4) is 0 Å². The topological polar surface area (TPSA) is 92.3 Å². The standard InChI is InChI=1S/C13H22N4O3S2/c1-3-6-11-15-16-13(21-11)14-12(18)10-7-5-8-17(10)22(19,20)9-4-2/h10H,3-9H2,1-2H3,(H,14,16,18). The summed E-state index contributed by atoms with van der Waals surface area (Å²) >= 11 is 1.34. The zero-order valence-electron chi connectivity index (χ0n) is 12.9. The van der Waals surface area contributed by atoms with Crippen LogP contribution in [0.2, 0.25) is 0 Å². The average Bonchev–Trinajstić information content (AvgIpc) is 3.08. The Morgan fingerprint density at radius 2 is 2.14 bits per heavy atom. The van der Waals surface area contributed by atoms with Crippen LogP contribution < -0.4 is 5.32 Å². The number of carbonyl (C=O) groups excluding carboxylic acids is 1.